The number of aryl methyl sites for hydroxylation is 1. The van der Waals surface area contributed by atoms with E-state index in [0.717, 1.165) is 16.3 Å². The molecule has 6 nitrogen and oxygen atoms in total. The van der Waals surface area contributed by atoms with Crippen molar-refractivity contribution in [2.24, 2.45) is 12.1 Å². The minimum Gasteiger partial charge on any atom is -0.349 e. The van der Waals surface area contributed by atoms with Gasteiger partial charge in [-0.2, -0.15) is 10.2 Å². The van der Waals surface area contributed by atoms with E-state index < -0.39 is 0 Å². The van der Waals surface area contributed by atoms with Gasteiger partial charge in [0.2, 0.25) is 0 Å². The second-order valence-electron chi connectivity index (χ2n) is 4.39. The molecule has 0 aliphatic rings. The molecular weight excluding hydrogens is 286 g/mol. The second-order valence-corrected chi connectivity index (χ2v) is 5.37. The van der Waals surface area contributed by atoms with Crippen molar-refractivity contribution >= 4 is 23.5 Å². The molecule has 0 aromatic carbocycles. The first-order valence-electron chi connectivity index (χ1n) is 6.28. The highest BCUT2D eigenvalue weighted by Gasteiger charge is 2.11. The smallest absolute Gasteiger partial charge is 0.289 e. The fourth-order valence-corrected chi connectivity index (χ4v) is 2.46. The predicted octanol–water partition coefficient (Wildman–Crippen LogP) is 2.24. The minimum atomic E-state index is -0.323. The van der Waals surface area contributed by atoms with Crippen LogP contribution >= 0.6 is 11.3 Å². The number of amides is 1. The summed E-state index contributed by atoms with van der Waals surface area (Å²) in [6, 6.07) is 9.41. The fraction of sp³-hybridized carbons (Fsp3) is 0.0714. The third kappa shape index (κ3) is 2.92. The Balaban J connectivity index is 1.68. The quantitative estimate of drug-likeness (QED) is 0.572. The number of H-pyrrole nitrogens is 1. The molecule has 0 saturated carbocycles. The third-order valence-corrected chi connectivity index (χ3v) is 3.74. The van der Waals surface area contributed by atoms with Gasteiger partial charge in [-0.1, -0.05) is 6.07 Å². The molecular formula is C14H13N5OS. The molecule has 3 heterocycles. The molecule has 21 heavy (non-hydrogen) atoms. The van der Waals surface area contributed by atoms with E-state index in [1.165, 1.54) is 0 Å². The lowest BCUT2D eigenvalue weighted by Crippen LogP contribution is -2.17. The van der Waals surface area contributed by atoms with E-state index in [-0.39, 0.29) is 5.91 Å². The highest BCUT2D eigenvalue weighted by atomic mass is 32.1. The van der Waals surface area contributed by atoms with E-state index in [2.05, 4.69) is 20.7 Å². The van der Waals surface area contributed by atoms with Gasteiger partial charge in [-0.25, -0.2) is 5.43 Å². The lowest BCUT2D eigenvalue weighted by Gasteiger charge is -1.97. The van der Waals surface area contributed by atoms with Gasteiger partial charge in [0.1, 0.15) is 11.4 Å². The summed E-state index contributed by atoms with van der Waals surface area (Å²) in [5, 5.41) is 12.7. The van der Waals surface area contributed by atoms with Crippen molar-refractivity contribution in [3.63, 3.8) is 0 Å². The van der Waals surface area contributed by atoms with Gasteiger partial charge in [-0.15, -0.1) is 11.3 Å². The number of carbonyl (C=O) groups is 1. The summed E-state index contributed by atoms with van der Waals surface area (Å²) in [5.74, 6) is -0.323. The number of aromatic nitrogens is 3. The number of nitrogens with one attached hydrogen (secondary N) is 2. The fourth-order valence-electron chi connectivity index (χ4n) is 1.88. The summed E-state index contributed by atoms with van der Waals surface area (Å²) >= 11 is 1.55. The molecule has 0 fully saturated rings. The van der Waals surface area contributed by atoms with E-state index in [4.69, 9.17) is 0 Å². The molecule has 0 spiro atoms. The average molecular weight is 299 g/mol. The summed E-state index contributed by atoms with van der Waals surface area (Å²) < 4.78 is 1.94. The summed E-state index contributed by atoms with van der Waals surface area (Å²) in [6.07, 6.45) is 3.53. The molecule has 106 valence electrons. The van der Waals surface area contributed by atoms with Crippen LogP contribution in [-0.2, 0) is 7.05 Å². The van der Waals surface area contributed by atoms with Gasteiger partial charge in [-0.05, 0) is 29.6 Å². The van der Waals surface area contributed by atoms with E-state index in [1.54, 1.807) is 23.6 Å². The monoisotopic (exact) mass is 299 g/mol. The SMILES string of the molecule is Cn1cccc1-c1cc(C(=O)NN=Cc2cccs2)[nH]n1. The molecule has 3 aromatic heterocycles. The van der Waals surface area contributed by atoms with Crippen LogP contribution in [0.4, 0.5) is 0 Å². The Kier molecular flexibility index (Phi) is 3.65. The number of hydrazone groups is 1. The zero-order valence-electron chi connectivity index (χ0n) is 11.3. The standard InChI is InChI=1S/C14H13N5OS/c1-19-6-2-5-13(19)11-8-12(17-16-11)14(20)18-15-9-10-4-3-7-21-10/h2-9H,1H3,(H,16,17)(H,18,20). The molecule has 0 radical (unpaired) electrons. The molecule has 3 rings (SSSR count). The van der Waals surface area contributed by atoms with Crippen molar-refractivity contribution in [3.8, 4) is 11.4 Å². The molecule has 0 saturated heterocycles. The summed E-state index contributed by atoms with van der Waals surface area (Å²) in [5.41, 5.74) is 4.49. The van der Waals surface area contributed by atoms with Crippen LogP contribution in [-0.4, -0.2) is 26.9 Å². The van der Waals surface area contributed by atoms with E-state index in [1.807, 2.05) is 47.5 Å². The molecule has 1 amide bonds. The normalized spacial score (nSPS) is 11.1. The zero-order chi connectivity index (χ0) is 14.7. The maximum absolute atomic E-state index is 11.9. The number of aromatic amines is 1. The lowest BCUT2D eigenvalue weighted by molar-refractivity contribution is 0.0950. The Labute approximate surface area is 125 Å². The van der Waals surface area contributed by atoms with Crippen LogP contribution in [0.15, 0.2) is 47.0 Å². The first-order valence-corrected chi connectivity index (χ1v) is 7.16. The Hall–Kier alpha value is -2.67. The van der Waals surface area contributed by atoms with Gasteiger partial charge in [0.15, 0.2) is 0 Å². The summed E-state index contributed by atoms with van der Waals surface area (Å²) in [6.45, 7) is 0. The Morgan fingerprint density at radius 3 is 3.10 bits per heavy atom. The van der Waals surface area contributed by atoms with Crippen molar-refractivity contribution in [1.82, 2.24) is 20.2 Å². The number of rotatable bonds is 4. The van der Waals surface area contributed by atoms with Crippen molar-refractivity contribution in [2.45, 2.75) is 0 Å². The van der Waals surface area contributed by atoms with Crippen molar-refractivity contribution in [1.29, 1.82) is 0 Å². The number of nitrogens with zero attached hydrogens (tertiary/aromatic N) is 3. The maximum Gasteiger partial charge on any atom is 0.289 e. The van der Waals surface area contributed by atoms with Gasteiger partial charge >= 0.3 is 0 Å². The Bertz CT molecular complexity index is 769. The molecule has 2 N–H and O–H groups in total. The van der Waals surface area contributed by atoms with Crippen molar-refractivity contribution in [3.05, 3.63) is 52.5 Å². The highest BCUT2D eigenvalue weighted by Crippen LogP contribution is 2.17. The molecule has 7 heteroatoms. The number of thiophene rings is 1. The third-order valence-electron chi connectivity index (χ3n) is 2.93. The molecule has 0 atom stereocenters. The van der Waals surface area contributed by atoms with E-state index >= 15 is 0 Å². The first kappa shape index (κ1) is 13.3. The second kappa shape index (κ2) is 5.76. The summed E-state index contributed by atoms with van der Waals surface area (Å²) in [7, 11) is 1.93. The van der Waals surface area contributed by atoms with Crippen LogP contribution in [0, 0.1) is 0 Å². The maximum atomic E-state index is 11.9. The first-order chi connectivity index (χ1) is 10.2. The largest absolute Gasteiger partial charge is 0.349 e. The van der Waals surface area contributed by atoms with Crippen LogP contribution in [0.1, 0.15) is 15.4 Å². The van der Waals surface area contributed by atoms with Gasteiger partial charge in [0.05, 0.1) is 11.9 Å². The molecule has 0 aliphatic carbocycles. The predicted molar refractivity (Wildman–Crippen MR) is 82.4 cm³/mol. The van der Waals surface area contributed by atoms with Crippen LogP contribution in [0.2, 0.25) is 0 Å². The van der Waals surface area contributed by atoms with E-state index in [9.17, 15) is 4.79 Å². The van der Waals surface area contributed by atoms with Gasteiger partial charge in [0.25, 0.3) is 5.91 Å². The molecule has 3 aromatic rings. The van der Waals surface area contributed by atoms with Gasteiger partial charge in [0, 0.05) is 18.1 Å². The Morgan fingerprint density at radius 2 is 2.38 bits per heavy atom. The average Bonchev–Trinajstić information content (AvgIpc) is 3.18. The van der Waals surface area contributed by atoms with Crippen LogP contribution in [0.25, 0.3) is 11.4 Å². The zero-order valence-corrected chi connectivity index (χ0v) is 12.1. The highest BCUT2D eigenvalue weighted by molar-refractivity contribution is 7.11. The van der Waals surface area contributed by atoms with Crippen LogP contribution in [0.3, 0.4) is 0 Å². The number of carbonyl (C=O) groups excluding carboxylic acids is 1. The number of hydrogen-bond donors (Lipinski definition) is 2. The molecule has 0 bridgehead atoms. The lowest BCUT2D eigenvalue weighted by atomic mass is 10.3. The molecule has 0 unspecified atom stereocenters. The molecule has 0 aliphatic heterocycles. The summed E-state index contributed by atoms with van der Waals surface area (Å²) in [4.78, 5) is 12.9. The number of hydrogen-bond acceptors (Lipinski definition) is 4. The van der Waals surface area contributed by atoms with Gasteiger partial charge in [-0.3, -0.25) is 9.89 Å². The van der Waals surface area contributed by atoms with Crippen LogP contribution in [0.5, 0.6) is 0 Å². The van der Waals surface area contributed by atoms with Gasteiger partial charge < -0.3 is 4.57 Å². The van der Waals surface area contributed by atoms with E-state index in [0.29, 0.717) is 5.69 Å². The van der Waals surface area contributed by atoms with Crippen molar-refractivity contribution < 1.29 is 4.79 Å². The minimum absolute atomic E-state index is 0.323. The van der Waals surface area contributed by atoms with Crippen LogP contribution < -0.4 is 5.43 Å². The topological polar surface area (TPSA) is 75.1 Å². The Morgan fingerprint density at radius 1 is 1.48 bits per heavy atom. The van der Waals surface area contributed by atoms with Crippen molar-refractivity contribution in [2.75, 3.05) is 0 Å².